The molecule has 0 amide bonds. The van der Waals surface area contributed by atoms with Crippen LogP contribution in [0.15, 0.2) is 18.5 Å². The van der Waals surface area contributed by atoms with E-state index in [0.29, 0.717) is 11.8 Å². The molecule has 2 fully saturated rings. The number of hydrogen-bond donors (Lipinski definition) is 1. The number of nitrogens with zero attached hydrogens (tertiary/aromatic N) is 2. The highest BCUT2D eigenvalue weighted by molar-refractivity contribution is 5.25. The molecule has 3 rings (SSSR count). The topological polar surface area (TPSA) is 51.8 Å². The highest BCUT2D eigenvalue weighted by Crippen LogP contribution is 2.61. The van der Waals surface area contributed by atoms with Crippen molar-refractivity contribution >= 4 is 0 Å². The first-order chi connectivity index (χ1) is 6.83. The summed E-state index contributed by atoms with van der Waals surface area (Å²) in [5, 5.41) is 0. The molecule has 2 aliphatic carbocycles. The number of rotatable bonds is 1. The molecular formula is C11H15N3. The van der Waals surface area contributed by atoms with E-state index in [-0.39, 0.29) is 5.54 Å². The summed E-state index contributed by atoms with van der Waals surface area (Å²) in [7, 11) is 0. The SMILES string of the molecule is NC1(c2ncccn2)C2CCCCC21. The fourth-order valence-corrected chi connectivity index (χ4v) is 3.03. The maximum absolute atomic E-state index is 6.39. The van der Waals surface area contributed by atoms with Gasteiger partial charge < -0.3 is 5.73 Å². The van der Waals surface area contributed by atoms with Gasteiger partial charge in [0.1, 0.15) is 5.82 Å². The fourth-order valence-electron chi connectivity index (χ4n) is 3.03. The monoisotopic (exact) mass is 189 g/mol. The third-order valence-corrected chi connectivity index (χ3v) is 3.84. The van der Waals surface area contributed by atoms with Gasteiger partial charge in [-0.1, -0.05) is 12.8 Å². The Hall–Kier alpha value is -0.960. The minimum Gasteiger partial charge on any atom is -0.318 e. The largest absolute Gasteiger partial charge is 0.318 e. The van der Waals surface area contributed by atoms with Crippen molar-refractivity contribution in [2.45, 2.75) is 31.2 Å². The van der Waals surface area contributed by atoms with Crippen LogP contribution in [-0.2, 0) is 5.54 Å². The van der Waals surface area contributed by atoms with Crippen LogP contribution in [0.2, 0.25) is 0 Å². The van der Waals surface area contributed by atoms with Gasteiger partial charge in [0, 0.05) is 12.4 Å². The Kier molecular flexibility index (Phi) is 1.65. The maximum Gasteiger partial charge on any atom is 0.148 e. The zero-order valence-corrected chi connectivity index (χ0v) is 8.19. The van der Waals surface area contributed by atoms with E-state index in [9.17, 15) is 0 Å². The van der Waals surface area contributed by atoms with Crippen LogP contribution >= 0.6 is 0 Å². The Morgan fingerprint density at radius 2 is 1.71 bits per heavy atom. The van der Waals surface area contributed by atoms with Crippen LogP contribution in [0.3, 0.4) is 0 Å². The lowest BCUT2D eigenvalue weighted by Gasteiger charge is -2.08. The molecule has 2 unspecified atom stereocenters. The second-order valence-corrected chi connectivity index (χ2v) is 4.50. The van der Waals surface area contributed by atoms with Gasteiger partial charge in [-0.3, -0.25) is 0 Å². The van der Waals surface area contributed by atoms with E-state index in [1.807, 2.05) is 6.07 Å². The van der Waals surface area contributed by atoms with Crippen molar-refractivity contribution in [1.82, 2.24) is 9.97 Å². The third kappa shape index (κ3) is 0.960. The van der Waals surface area contributed by atoms with E-state index < -0.39 is 0 Å². The lowest BCUT2D eigenvalue weighted by Crippen LogP contribution is -2.26. The number of hydrogen-bond acceptors (Lipinski definition) is 3. The Bertz CT molecular complexity index is 324. The highest BCUT2D eigenvalue weighted by atomic mass is 15.0. The molecule has 1 aromatic heterocycles. The van der Waals surface area contributed by atoms with Crippen LogP contribution in [0, 0.1) is 11.8 Å². The zero-order chi connectivity index (χ0) is 9.60. The van der Waals surface area contributed by atoms with E-state index in [0.717, 1.165) is 5.82 Å². The molecule has 0 saturated heterocycles. The summed E-state index contributed by atoms with van der Waals surface area (Å²) >= 11 is 0. The van der Waals surface area contributed by atoms with E-state index in [4.69, 9.17) is 5.73 Å². The predicted molar refractivity (Wildman–Crippen MR) is 53.3 cm³/mol. The first kappa shape index (κ1) is 8.36. The quantitative estimate of drug-likeness (QED) is 0.727. The Morgan fingerprint density at radius 3 is 2.29 bits per heavy atom. The molecule has 14 heavy (non-hydrogen) atoms. The van der Waals surface area contributed by atoms with Crippen molar-refractivity contribution in [2.75, 3.05) is 0 Å². The van der Waals surface area contributed by atoms with Crippen LogP contribution < -0.4 is 5.73 Å². The molecule has 0 aromatic carbocycles. The van der Waals surface area contributed by atoms with Gasteiger partial charge in [-0.05, 0) is 30.7 Å². The van der Waals surface area contributed by atoms with E-state index >= 15 is 0 Å². The fraction of sp³-hybridized carbons (Fsp3) is 0.636. The summed E-state index contributed by atoms with van der Waals surface area (Å²) in [6, 6.07) is 1.85. The number of nitrogens with two attached hydrogens (primary N) is 1. The molecule has 2 N–H and O–H groups in total. The Morgan fingerprint density at radius 1 is 1.14 bits per heavy atom. The Labute approximate surface area is 83.8 Å². The first-order valence-electron chi connectivity index (χ1n) is 5.40. The van der Waals surface area contributed by atoms with Crippen molar-refractivity contribution in [1.29, 1.82) is 0 Å². The minimum absolute atomic E-state index is 0.183. The van der Waals surface area contributed by atoms with Gasteiger partial charge in [0.25, 0.3) is 0 Å². The van der Waals surface area contributed by atoms with Crippen LogP contribution in [0.5, 0.6) is 0 Å². The average Bonchev–Trinajstić information content (AvgIpc) is 2.89. The predicted octanol–water partition coefficient (Wildman–Crippen LogP) is 1.45. The summed E-state index contributed by atoms with van der Waals surface area (Å²) in [6.07, 6.45) is 8.77. The number of fused-ring (bicyclic) bond motifs is 1. The summed E-state index contributed by atoms with van der Waals surface area (Å²) < 4.78 is 0. The molecule has 0 bridgehead atoms. The second kappa shape index (κ2) is 2.76. The maximum atomic E-state index is 6.39. The second-order valence-electron chi connectivity index (χ2n) is 4.50. The average molecular weight is 189 g/mol. The van der Waals surface area contributed by atoms with Crippen LogP contribution in [0.25, 0.3) is 0 Å². The van der Waals surface area contributed by atoms with Crippen LogP contribution in [-0.4, -0.2) is 9.97 Å². The molecule has 74 valence electrons. The molecule has 2 saturated carbocycles. The highest BCUT2D eigenvalue weighted by Gasteiger charge is 2.64. The summed E-state index contributed by atoms with van der Waals surface area (Å²) in [4.78, 5) is 8.60. The van der Waals surface area contributed by atoms with Gasteiger partial charge in [0.05, 0.1) is 5.54 Å². The number of aromatic nitrogens is 2. The van der Waals surface area contributed by atoms with Gasteiger partial charge >= 0.3 is 0 Å². The molecule has 3 nitrogen and oxygen atoms in total. The third-order valence-electron chi connectivity index (χ3n) is 3.84. The van der Waals surface area contributed by atoms with Crippen molar-refractivity contribution in [3.63, 3.8) is 0 Å². The van der Waals surface area contributed by atoms with Crippen molar-refractivity contribution < 1.29 is 0 Å². The van der Waals surface area contributed by atoms with Gasteiger partial charge in [0.2, 0.25) is 0 Å². The molecule has 3 heteroatoms. The smallest absolute Gasteiger partial charge is 0.148 e. The summed E-state index contributed by atoms with van der Waals surface area (Å²) in [5.74, 6) is 2.16. The normalized spacial score (nSPS) is 40.4. The van der Waals surface area contributed by atoms with Crippen molar-refractivity contribution in [3.05, 3.63) is 24.3 Å². The zero-order valence-electron chi connectivity index (χ0n) is 8.19. The summed E-state index contributed by atoms with van der Waals surface area (Å²) in [5.41, 5.74) is 6.21. The molecular weight excluding hydrogens is 174 g/mol. The lowest BCUT2D eigenvalue weighted by atomic mass is 10.0. The van der Waals surface area contributed by atoms with Crippen LogP contribution in [0.4, 0.5) is 0 Å². The molecule has 1 heterocycles. The van der Waals surface area contributed by atoms with Gasteiger partial charge in [-0.2, -0.15) is 0 Å². The molecule has 2 atom stereocenters. The van der Waals surface area contributed by atoms with E-state index in [2.05, 4.69) is 9.97 Å². The van der Waals surface area contributed by atoms with Gasteiger partial charge in [-0.15, -0.1) is 0 Å². The molecule has 2 aliphatic rings. The standard InChI is InChI=1S/C11H15N3/c12-11(10-13-6-3-7-14-10)8-4-1-2-5-9(8)11/h3,6-9H,1-2,4-5,12H2. The lowest BCUT2D eigenvalue weighted by molar-refractivity contribution is 0.480. The van der Waals surface area contributed by atoms with Crippen LogP contribution in [0.1, 0.15) is 31.5 Å². The van der Waals surface area contributed by atoms with Gasteiger partial charge in [-0.25, -0.2) is 9.97 Å². The van der Waals surface area contributed by atoms with Gasteiger partial charge in [0.15, 0.2) is 0 Å². The molecule has 1 aromatic rings. The summed E-state index contributed by atoms with van der Waals surface area (Å²) in [6.45, 7) is 0. The minimum atomic E-state index is -0.183. The van der Waals surface area contributed by atoms with Crippen molar-refractivity contribution in [3.8, 4) is 0 Å². The van der Waals surface area contributed by atoms with E-state index in [1.165, 1.54) is 25.7 Å². The molecule has 0 spiro atoms. The van der Waals surface area contributed by atoms with Crippen molar-refractivity contribution in [2.24, 2.45) is 17.6 Å². The molecule has 0 radical (unpaired) electrons. The first-order valence-corrected chi connectivity index (χ1v) is 5.40. The molecule has 0 aliphatic heterocycles. The van der Waals surface area contributed by atoms with E-state index in [1.54, 1.807) is 12.4 Å². The Balaban J connectivity index is 1.92.